The zero-order valence-electron chi connectivity index (χ0n) is 8.74. The lowest BCUT2D eigenvalue weighted by molar-refractivity contribution is 0.677. The molecule has 2 N–H and O–H groups in total. The summed E-state index contributed by atoms with van der Waals surface area (Å²) in [6, 6.07) is 9.28. The van der Waals surface area contributed by atoms with Crippen molar-refractivity contribution in [2.45, 2.75) is 25.8 Å². The molecule has 0 amide bonds. The molecule has 1 aliphatic heterocycles. The first-order valence-electron chi connectivity index (χ1n) is 5.34. The quantitative estimate of drug-likeness (QED) is 0.772. The Balaban J connectivity index is 2.17. The molecule has 1 aromatic rings. The number of aryl methyl sites for hydroxylation is 1. The fraction of sp³-hybridized carbons (Fsp3) is 0.500. The number of nitrogens with zero attached hydrogens (tertiary/aromatic N) is 1. The molecule has 2 rings (SSSR count). The second-order valence-corrected chi connectivity index (χ2v) is 4.06. The van der Waals surface area contributed by atoms with Crippen LogP contribution in [0, 0.1) is 6.92 Å². The van der Waals surface area contributed by atoms with E-state index >= 15 is 0 Å². The number of nitrogens with two attached hydrogens (primary N) is 1. The molecule has 2 nitrogen and oxygen atoms in total. The van der Waals surface area contributed by atoms with Gasteiger partial charge in [0.25, 0.3) is 0 Å². The molecule has 1 aromatic carbocycles. The van der Waals surface area contributed by atoms with Crippen LogP contribution in [-0.4, -0.2) is 19.1 Å². The first-order chi connectivity index (χ1) is 6.81. The maximum absolute atomic E-state index is 5.75. The Morgan fingerprint density at radius 2 is 2.07 bits per heavy atom. The average Bonchev–Trinajstić information content (AvgIpc) is 2.67. The van der Waals surface area contributed by atoms with E-state index in [0.29, 0.717) is 6.04 Å². The molecule has 76 valence electrons. The van der Waals surface area contributed by atoms with Gasteiger partial charge in [-0.1, -0.05) is 17.7 Å². The van der Waals surface area contributed by atoms with Gasteiger partial charge < -0.3 is 10.6 Å². The molecule has 0 bridgehead atoms. The van der Waals surface area contributed by atoms with E-state index in [1.165, 1.54) is 24.1 Å². The lowest BCUT2D eigenvalue weighted by Crippen LogP contribution is -2.35. The van der Waals surface area contributed by atoms with Crippen LogP contribution in [0.3, 0.4) is 0 Å². The number of hydrogen-bond donors (Lipinski definition) is 1. The van der Waals surface area contributed by atoms with Gasteiger partial charge in [0.15, 0.2) is 0 Å². The Morgan fingerprint density at radius 1 is 1.36 bits per heavy atom. The largest absolute Gasteiger partial charge is 0.367 e. The number of anilines is 1. The Bertz CT molecular complexity index is 292. The molecule has 0 radical (unpaired) electrons. The van der Waals surface area contributed by atoms with Crippen molar-refractivity contribution < 1.29 is 0 Å². The van der Waals surface area contributed by atoms with Crippen LogP contribution in [0.15, 0.2) is 24.3 Å². The van der Waals surface area contributed by atoms with E-state index in [4.69, 9.17) is 5.73 Å². The summed E-state index contributed by atoms with van der Waals surface area (Å²) < 4.78 is 0. The molecule has 1 aliphatic rings. The summed E-state index contributed by atoms with van der Waals surface area (Å²) in [5, 5.41) is 0. The van der Waals surface area contributed by atoms with Gasteiger partial charge in [0.05, 0.1) is 0 Å². The van der Waals surface area contributed by atoms with E-state index in [-0.39, 0.29) is 0 Å². The lowest BCUT2D eigenvalue weighted by Gasteiger charge is -2.25. The predicted octanol–water partition coefficient (Wildman–Crippen LogP) is 1.92. The molecular weight excluding hydrogens is 172 g/mol. The van der Waals surface area contributed by atoms with Gasteiger partial charge in [-0.15, -0.1) is 0 Å². The minimum Gasteiger partial charge on any atom is -0.367 e. The lowest BCUT2D eigenvalue weighted by atomic mass is 10.2. The number of benzene rings is 1. The standard InChI is InChI=1S/C12H18N2/c1-10-4-6-11(7-5-10)14-8-2-3-12(14)9-13/h4-7,12H,2-3,8-9,13H2,1H3. The summed E-state index contributed by atoms with van der Waals surface area (Å²) in [6.07, 6.45) is 2.51. The van der Waals surface area contributed by atoms with Crippen LogP contribution in [0.25, 0.3) is 0 Å². The minimum absolute atomic E-state index is 0.553. The highest BCUT2D eigenvalue weighted by atomic mass is 15.2. The summed E-state index contributed by atoms with van der Waals surface area (Å²) in [5.74, 6) is 0. The summed E-state index contributed by atoms with van der Waals surface area (Å²) in [7, 11) is 0. The van der Waals surface area contributed by atoms with Gasteiger partial charge >= 0.3 is 0 Å². The Labute approximate surface area is 85.7 Å². The molecule has 2 heteroatoms. The van der Waals surface area contributed by atoms with Crippen molar-refractivity contribution in [3.05, 3.63) is 29.8 Å². The van der Waals surface area contributed by atoms with Gasteiger partial charge in [-0.05, 0) is 31.9 Å². The van der Waals surface area contributed by atoms with Gasteiger partial charge in [-0.2, -0.15) is 0 Å². The van der Waals surface area contributed by atoms with Crippen LogP contribution in [-0.2, 0) is 0 Å². The maximum atomic E-state index is 5.75. The molecule has 14 heavy (non-hydrogen) atoms. The zero-order chi connectivity index (χ0) is 9.97. The highest BCUT2D eigenvalue weighted by Gasteiger charge is 2.22. The summed E-state index contributed by atoms with van der Waals surface area (Å²) >= 11 is 0. The molecule has 1 saturated heterocycles. The molecule has 0 spiro atoms. The second-order valence-electron chi connectivity index (χ2n) is 4.06. The van der Waals surface area contributed by atoms with E-state index in [2.05, 4.69) is 36.1 Å². The monoisotopic (exact) mass is 190 g/mol. The fourth-order valence-corrected chi connectivity index (χ4v) is 2.16. The van der Waals surface area contributed by atoms with Crippen LogP contribution in [0.4, 0.5) is 5.69 Å². The van der Waals surface area contributed by atoms with E-state index in [1.54, 1.807) is 0 Å². The van der Waals surface area contributed by atoms with Crippen LogP contribution >= 0.6 is 0 Å². The SMILES string of the molecule is Cc1ccc(N2CCCC2CN)cc1. The summed E-state index contributed by atoms with van der Waals surface area (Å²) in [5.41, 5.74) is 8.39. The van der Waals surface area contributed by atoms with E-state index < -0.39 is 0 Å². The van der Waals surface area contributed by atoms with Crippen molar-refractivity contribution in [1.29, 1.82) is 0 Å². The van der Waals surface area contributed by atoms with Gasteiger partial charge in [0, 0.05) is 24.8 Å². The van der Waals surface area contributed by atoms with Crippen LogP contribution < -0.4 is 10.6 Å². The first-order valence-corrected chi connectivity index (χ1v) is 5.34. The molecule has 1 fully saturated rings. The van der Waals surface area contributed by atoms with Gasteiger partial charge in [-0.25, -0.2) is 0 Å². The molecule has 1 atom stereocenters. The Kier molecular flexibility index (Phi) is 2.73. The normalized spacial score (nSPS) is 21.6. The Morgan fingerprint density at radius 3 is 2.71 bits per heavy atom. The minimum atomic E-state index is 0.553. The molecule has 0 saturated carbocycles. The maximum Gasteiger partial charge on any atom is 0.0412 e. The molecule has 0 aliphatic carbocycles. The van der Waals surface area contributed by atoms with Crippen molar-refractivity contribution in [2.24, 2.45) is 5.73 Å². The molecule has 0 aromatic heterocycles. The number of rotatable bonds is 2. The Hall–Kier alpha value is -1.02. The third-order valence-corrected chi connectivity index (χ3v) is 3.01. The van der Waals surface area contributed by atoms with E-state index in [0.717, 1.165) is 13.1 Å². The highest BCUT2D eigenvalue weighted by Crippen LogP contribution is 2.24. The molecule has 1 heterocycles. The predicted molar refractivity (Wildman–Crippen MR) is 60.6 cm³/mol. The van der Waals surface area contributed by atoms with E-state index in [1.807, 2.05) is 0 Å². The highest BCUT2D eigenvalue weighted by molar-refractivity contribution is 5.49. The van der Waals surface area contributed by atoms with Gasteiger partial charge in [0.2, 0.25) is 0 Å². The third-order valence-electron chi connectivity index (χ3n) is 3.01. The number of hydrogen-bond acceptors (Lipinski definition) is 2. The second kappa shape index (κ2) is 4.01. The summed E-state index contributed by atoms with van der Waals surface area (Å²) in [6.45, 7) is 4.05. The summed E-state index contributed by atoms with van der Waals surface area (Å²) in [4.78, 5) is 2.43. The van der Waals surface area contributed by atoms with Crippen molar-refractivity contribution >= 4 is 5.69 Å². The van der Waals surface area contributed by atoms with Gasteiger partial charge in [0.1, 0.15) is 0 Å². The topological polar surface area (TPSA) is 29.3 Å². The molecule has 1 unspecified atom stereocenters. The first kappa shape index (κ1) is 9.53. The van der Waals surface area contributed by atoms with Crippen molar-refractivity contribution in [3.63, 3.8) is 0 Å². The third kappa shape index (κ3) is 1.75. The van der Waals surface area contributed by atoms with Gasteiger partial charge in [-0.3, -0.25) is 0 Å². The van der Waals surface area contributed by atoms with Crippen LogP contribution in [0.2, 0.25) is 0 Å². The van der Waals surface area contributed by atoms with Crippen molar-refractivity contribution in [1.82, 2.24) is 0 Å². The van der Waals surface area contributed by atoms with E-state index in [9.17, 15) is 0 Å². The average molecular weight is 190 g/mol. The van der Waals surface area contributed by atoms with Crippen molar-refractivity contribution in [2.75, 3.05) is 18.0 Å². The zero-order valence-corrected chi connectivity index (χ0v) is 8.74. The molecular formula is C12H18N2. The fourth-order valence-electron chi connectivity index (χ4n) is 2.16. The van der Waals surface area contributed by atoms with Crippen molar-refractivity contribution in [3.8, 4) is 0 Å². The van der Waals surface area contributed by atoms with Crippen LogP contribution in [0.5, 0.6) is 0 Å². The van der Waals surface area contributed by atoms with Crippen LogP contribution in [0.1, 0.15) is 18.4 Å². The smallest absolute Gasteiger partial charge is 0.0412 e.